The number of benzene rings is 1. The molecule has 1 aromatic rings. The summed E-state index contributed by atoms with van der Waals surface area (Å²) in [6, 6.07) is 8.54. The average Bonchev–Trinajstić information content (AvgIpc) is 2.80. The second-order valence-corrected chi connectivity index (χ2v) is 4.76. The Morgan fingerprint density at radius 3 is 2.56 bits per heavy atom. The van der Waals surface area contributed by atoms with Gasteiger partial charge in [0.25, 0.3) is 0 Å². The molecule has 88 valence electrons. The Bertz CT molecular complexity index is 334. The van der Waals surface area contributed by atoms with E-state index in [4.69, 9.17) is 17.3 Å². The normalized spacial score (nSPS) is 18.9. The highest BCUT2D eigenvalue weighted by Crippen LogP contribution is 2.31. The number of rotatable bonds is 4. The van der Waals surface area contributed by atoms with Gasteiger partial charge in [-0.2, -0.15) is 0 Å². The zero-order chi connectivity index (χ0) is 11.4. The summed E-state index contributed by atoms with van der Waals surface area (Å²) < 4.78 is 0. The first-order valence-corrected chi connectivity index (χ1v) is 6.39. The van der Waals surface area contributed by atoms with Gasteiger partial charge in [-0.1, -0.05) is 29.8 Å². The smallest absolute Gasteiger partial charge is 0.0453 e. The summed E-state index contributed by atoms with van der Waals surface area (Å²) in [4.78, 5) is 2.51. The summed E-state index contributed by atoms with van der Waals surface area (Å²) in [6.07, 6.45) is 3.58. The van der Waals surface area contributed by atoms with Gasteiger partial charge in [0, 0.05) is 11.1 Å². The second kappa shape index (κ2) is 5.67. The maximum Gasteiger partial charge on any atom is 0.0453 e. The topological polar surface area (TPSA) is 29.3 Å². The molecule has 1 unspecified atom stereocenters. The van der Waals surface area contributed by atoms with Crippen LogP contribution >= 0.6 is 11.6 Å². The van der Waals surface area contributed by atoms with Crippen molar-refractivity contribution in [2.45, 2.75) is 25.3 Å². The Labute approximate surface area is 102 Å². The van der Waals surface area contributed by atoms with Crippen molar-refractivity contribution in [3.8, 4) is 0 Å². The van der Waals surface area contributed by atoms with Crippen molar-refractivity contribution in [3.05, 3.63) is 34.9 Å². The van der Waals surface area contributed by atoms with Gasteiger partial charge >= 0.3 is 0 Å². The van der Waals surface area contributed by atoms with Crippen molar-refractivity contribution in [2.24, 2.45) is 5.73 Å². The summed E-state index contributed by atoms with van der Waals surface area (Å²) in [5.41, 5.74) is 6.95. The third kappa shape index (κ3) is 2.57. The van der Waals surface area contributed by atoms with Gasteiger partial charge in [0.2, 0.25) is 0 Å². The summed E-state index contributed by atoms with van der Waals surface area (Å²) in [7, 11) is 0. The molecule has 2 N–H and O–H groups in total. The summed E-state index contributed by atoms with van der Waals surface area (Å²) in [5.74, 6) is 0. The van der Waals surface area contributed by atoms with E-state index >= 15 is 0 Å². The van der Waals surface area contributed by atoms with E-state index in [1.165, 1.54) is 31.5 Å². The first-order valence-electron chi connectivity index (χ1n) is 6.01. The van der Waals surface area contributed by atoms with E-state index in [2.05, 4.69) is 17.0 Å². The minimum atomic E-state index is 0.404. The fourth-order valence-corrected chi connectivity index (χ4v) is 2.75. The molecule has 1 atom stereocenters. The minimum Gasteiger partial charge on any atom is -0.330 e. The van der Waals surface area contributed by atoms with Crippen LogP contribution in [0.1, 0.15) is 30.9 Å². The molecule has 0 spiro atoms. The molecule has 16 heavy (non-hydrogen) atoms. The zero-order valence-corrected chi connectivity index (χ0v) is 10.3. The molecule has 1 aliphatic heterocycles. The number of nitrogens with two attached hydrogens (primary N) is 1. The van der Waals surface area contributed by atoms with E-state index in [0.717, 1.165) is 11.4 Å². The predicted octanol–water partition coefficient (Wildman–Crippen LogP) is 2.83. The second-order valence-electron chi connectivity index (χ2n) is 4.36. The van der Waals surface area contributed by atoms with E-state index in [-0.39, 0.29) is 0 Å². The van der Waals surface area contributed by atoms with Gasteiger partial charge in [-0.25, -0.2) is 0 Å². The lowest BCUT2D eigenvalue weighted by Crippen LogP contribution is -2.27. The van der Waals surface area contributed by atoms with Gasteiger partial charge in [0.05, 0.1) is 0 Å². The van der Waals surface area contributed by atoms with E-state index < -0.39 is 0 Å². The predicted molar refractivity (Wildman–Crippen MR) is 68.7 cm³/mol. The van der Waals surface area contributed by atoms with E-state index in [9.17, 15) is 0 Å². The van der Waals surface area contributed by atoms with Crippen molar-refractivity contribution in [3.63, 3.8) is 0 Å². The van der Waals surface area contributed by atoms with E-state index in [1.807, 2.05) is 12.1 Å². The molecule has 0 aliphatic carbocycles. The Kier molecular flexibility index (Phi) is 4.22. The molecule has 0 bridgehead atoms. The highest BCUT2D eigenvalue weighted by Gasteiger charge is 2.23. The van der Waals surface area contributed by atoms with Crippen molar-refractivity contribution in [1.29, 1.82) is 0 Å². The molecular weight excluding hydrogens is 220 g/mol. The molecule has 0 aromatic heterocycles. The first-order chi connectivity index (χ1) is 7.83. The fraction of sp³-hybridized carbons (Fsp3) is 0.538. The molecular formula is C13H19ClN2. The van der Waals surface area contributed by atoms with Crippen LogP contribution in [-0.4, -0.2) is 24.5 Å². The summed E-state index contributed by atoms with van der Waals surface area (Å²) in [5, 5.41) is 0.868. The molecule has 2 nitrogen and oxygen atoms in total. The molecule has 1 saturated heterocycles. The third-order valence-corrected chi connectivity index (χ3v) is 3.63. The van der Waals surface area contributed by atoms with E-state index in [1.54, 1.807) is 0 Å². The third-order valence-electron chi connectivity index (χ3n) is 3.29. The highest BCUT2D eigenvalue weighted by molar-refractivity contribution is 6.31. The van der Waals surface area contributed by atoms with Crippen molar-refractivity contribution in [1.82, 2.24) is 4.90 Å². The first kappa shape index (κ1) is 11.9. The molecule has 2 rings (SSSR count). The van der Waals surface area contributed by atoms with Crippen LogP contribution in [0.15, 0.2) is 24.3 Å². The molecule has 3 heteroatoms. The van der Waals surface area contributed by atoms with Crippen molar-refractivity contribution >= 4 is 11.6 Å². The SMILES string of the molecule is NCCC(c1ccccc1Cl)N1CCCC1. The zero-order valence-electron chi connectivity index (χ0n) is 9.53. The van der Waals surface area contributed by atoms with Crippen LogP contribution < -0.4 is 5.73 Å². The number of likely N-dealkylation sites (tertiary alicyclic amines) is 1. The van der Waals surface area contributed by atoms with Crippen LogP contribution in [0, 0.1) is 0 Å². The Balaban J connectivity index is 2.21. The quantitative estimate of drug-likeness (QED) is 0.874. The largest absolute Gasteiger partial charge is 0.330 e. The van der Waals surface area contributed by atoms with Gasteiger partial charge < -0.3 is 5.73 Å². The standard InChI is InChI=1S/C13H19ClN2/c14-12-6-2-1-5-11(12)13(7-8-15)16-9-3-4-10-16/h1-2,5-6,13H,3-4,7-10,15H2. The van der Waals surface area contributed by atoms with E-state index in [0.29, 0.717) is 12.6 Å². The van der Waals surface area contributed by atoms with Crippen LogP contribution in [0.3, 0.4) is 0 Å². The molecule has 0 radical (unpaired) electrons. The van der Waals surface area contributed by atoms with Crippen LogP contribution in [-0.2, 0) is 0 Å². The van der Waals surface area contributed by atoms with Gasteiger partial charge in [-0.3, -0.25) is 4.90 Å². The van der Waals surface area contributed by atoms with Gasteiger partial charge in [-0.05, 0) is 50.5 Å². The fourth-order valence-electron chi connectivity index (χ4n) is 2.49. The number of nitrogens with zero attached hydrogens (tertiary/aromatic N) is 1. The highest BCUT2D eigenvalue weighted by atomic mass is 35.5. The Morgan fingerprint density at radius 1 is 1.25 bits per heavy atom. The number of hydrogen-bond acceptors (Lipinski definition) is 2. The Morgan fingerprint density at radius 2 is 1.94 bits per heavy atom. The molecule has 0 saturated carbocycles. The minimum absolute atomic E-state index is 0.404. The molecule has 1 heterocycles. The Hall–Kier alpha value is -0.570. The average molecular weight is 239 g/mol. The number of halogens is 1. The van der Waals surface area contributed by atoms with Gasteiger partial charge in [0.1, 0.15) is 0 Å². The molecule has 1 fully saturated rings. The summed E-state index contributed by atoms with van der Waals surface area (Å²) >= 11 is 6.27. The van der Waals surface area contributed by atoms with Crippen LogP contribution in [0.4, 0.5) is 0 Å². The molecule has 1 aliphatic rings. The lowest BCUT2D eigenvalue weighted by atomic mass is 10.0. The summed E-state index contributed by atoms with van der Waals surface area (Å²) in [6.45, 7) is 3.07. The molecule has 0 amide bonds. The lowest BCUT2D eigenvalue weighted by molar-refractivity contribution is 0.236. The maximum absolute atomic E-state index is 6.27. The number of hydrogen-bond donors (Lipinski definition) is 1. The molecule has 1 aromatic carbocycles. The monoisotopic (exact) mass is 238 g/mol. The van der Waals surface area contributed by atoms with Crippen LogP contribution in [0.2, 0.25) is 5.02 Å². The van der Waals surface area contributed by atoms with Gasteiger partial charge in [-0.15, -0.1) is 0 Å². The van der Waals surface area contributed by atoms with Crippen molar-refractivity contribution < 1.29 is 0 Å². The van der Waals surface area contributed by atoms with Crippen molar-refractivity contribution in [2.75, 3.05) is 19.6 Å². The lowest BCUT2D eigenvalue weighted by Gasteiger charge is -2.28. The van der Waals surface area contributed by atoms with Crippen LogP contribution in [0.25, 0.3) is 0 Å². The van der Waals surface area contributed by atoms with Crippen LogP contribution in [0.5, 0.6) is 0 Å². The maximum atomic E-state index is 6.27. The van der Waals surface area contributed by atoms with Gasteiger partial charge in [0.15, 0.2) is 0 Å².